The van der Waals surface area contributed by atoms with Crippen molar-refractivity contribution in [2.45, 2.75) is 19.1 Å². The van der Waals surface area contributed by atoms with Crippen LogP contribution in [0.4, 0.5) is 0 Å². The van der Waals surface area contributed by atoms with Crippen LogP contribution in [0.25, 0.3) is 0 Å². The van der Waals surface area contributed by atoms with Crippen molar-refractivity contribution in [3.8, 4) is 6.01 Å². The molecule has 0 radical (unpaired) electrons. The van der Waals surface area contributed by atoms with Gasteiger partial charge < -0.3 is 14.8 Å². The topological polar surface area (TPSA) is 56.3 Å². The summed E-state index contributed by atoms with van der Waals surface area (Å²) in [7, 11) is 1.57. The van der Waals surface area contributed by atoms with Crippen molar-refractivity contribution in [3.05, 3.63) is 15.5 Å². The Balaban J connectivity index is 2.27. The number of hydrogen-bond acceptors (Lipinski definition) is 5. The second-order valence-electron chi connectivity index (χ2n) is 3.64. The standard InChI is InChI=1S/C10H14IN3O2/c1-6-9(16-4-3-12-6)7-5-8(11)14-10(13-7)15-2/h5-6,9,12H,3-4H2,1-2H3. The average Bonchev–Trinajstić information content (AvgIpc) is 2.28. The highest BCUT2D eigenvalue weighted by molar-refractivity contribution is 14.1. The van der Waals surface area contributed by atoms with Crippen LogP contribution in [0.2, 0.25) is 0 Å². The lowest BCUT2D eigenvalue weighted by molar-refractivity contribution is -0.00325. The first kappa shape index (κ1) is 12.0. The Bertz CT molecular complexity index is 375. The van der Waals surface area contributed by atoms with Crippen molar-refractivity contribution >= 4 is 22.6 Å². The van der Waals surface area contributed by atoms with Crippen molar-refractivity contribution in [1.29, 1.82) is 0 Å². The molecule has 2 rings (SSSR count). The molecule has 88 valence electrons. The van der Waals surface area contributed by atoms with E-state index in [1.165, 1.54) is 0 Å². The summed E-state index contributed by atoms with van der Waals surface area (Å²) in [5.74, 6) is 0. The van der Waals surface area contributed by atoms with E-state index in [-0.39, 0.29) is 12.1 Å². The number of ether oxygens (including phenoxy) is 2. The largest absolute Gasteiger partial charge is 0.467 e. The molecule has 16 heavy (non-hydrogen) atoms. The third kappa shape index (κ3) is 2.61. The minimum atomic E-state index is -0.0286. The molecule has 0 amide bonds. The molecule has 0 saturated carbocycles. The van der Waals surface area contributed by atoms with E-state index < -0.39 is 0 Å². The Labute approximate surface area is 108 Å². The van der Waals surface area contributed by atoms with Crippen LogP contribution in [0.3, 0.4) is 0 Å². The molecule has 1 aromatic rings. The predicted octanol–water partition coefficient (Wildman–Crippen LogP) is 1.14. The summed E-state index contributed by atoms with van der Waals surface area (Å²) in [5.41, 5.74) is 0.871. The lowest BCUT2D eigenvalue weighted by Gasteiger charge is -2.29. The van der Waals surface area contributed by atoms with Crippen LogP contribution >= 0.6 is 22.6 Å². The van der Waals surface area contributed by atoms with Gasteiger partial charge in [0.15, 0.2) is 0 Å². The lowest BCUT2D eigenvalue weighted by Crippen LogP contribution is -2.41. The zero-order valence-electron chi connectivity index (χ0n) is 9.24. The number of nitrogens with one attached hydrogen (secondary N) is 1. The summed E-state index contributed by atoms with van der Waals surface area (Å²) < 4.78 is 11.6. The highest BCUT2D eigenvalue weighted by Gasteiger charge is 2.25. The second kappa shape index (κ2) is 5.24. The van der Waals surface area contributed by atoms with E-state index >= 15 is 0 Å². The molecule has 6 heteroatoms. The molecule has 1 aliphatic rings. The molecule has 0 aromatic carbocycles. The Hall–Kier alpha value is -0.470. The summed E-state index contributed by atoms with van der Waals surface area (Å²) in [5, 5.41) is 3.36. The lowest BCUT2D eigenvalue weighted by atomic mass is 10.1. The van der Waals surface area contributed by atoms with E-state index in [0.29, 0.717) is 12.6 Å². The van der Waals surface area contributed by atoms with Crippen molar-refractivity contribution in [2.75, 3.05) is 20.3 Å². The average molecular weight is 335 g/mol. The van der Waals surface area contributed by atoms with E-state index in [9.17, 15) is 0 Å². The maximum atomic E-state index is 5.72. The normalized spacial score (nSPS) is 25.4. The van der Waals surface area contributed by atoms with E-state index in [1.807, 2.05) is 6.07 Å². The van der Waals surface area contributed by atoms with E-state index in [4.69, 9.17) is 9.47 Å². The van der Waals surface area contributed by atoms with Crippen LogP contribution < -0.4 is 10.1 Å². The number of morpholine rings is 1. The molecular weight excluding hydrogens is 321 g/mol. The van der Waals surface area contributed by atoms with Gasteiger partial charge in [-0.1, -0.05) is 0 Å². The fourth-order valence-electron chi connectivity index (χ4n) is 1.72. The van der Waals surface area contributed by atoms with Gasteiger partial charge in [0, 0.05) is 12.6 Å². The van der Waals surface area contributed by atoms with Crippen molar-refractivity contribution in [3.63, 3.8) is 0 Å². The smallest absolute Gasteiger partial charge is 0.317 e. The Morgan fingerprint density at radius 3 is 3.06 bits per heavy atom. The molecule has 5 nitrogen and oxygen atoms in total. The first-order valence-corrected chi connectivity index (χ1v) is 6.22. The van der Waals surface area contributed by atoms with E-state index in [2.05, 4.69) is 44.8 Å². The van der Waals surface area contributed by atoms with Gasteiger partial charge in [0.25, 0.3) is 0 Å². The number of nitrogens with zero attached hydrogens (tertiary/aromatic N) is 2. The van der Waals surface area contributed by atoms with E-state index in [0.717, 1.165) is 15.9 Å². The van der Waals surface area contributed by atoms with Gasteiger partial charge in [-0.05, 0) is 35.6 Å². The number of methoxy groups -OCH3 is 1. The van der Waals surface area contributed by atoms with Crippen LogP contribution in [0.15, 0.2) is 6.07 Å². The zero-order chi connectivity index (χ0) is 11.5. The quantitative estimate of drug-likeness (QED) is 0.649. The molecule has 2 heterocycles. The van der Waals surface area contributed by atoms with Crippen molar-refractivity contribution in [2.24, 2.45) is 0 Å². The van der Waals surface area contributed by atoms with Gasteiger partial charge in [0.05, 0.1) is 19.4 Å². The molecule has 1 aromatic heterocycles. The van der Waals surface area contributed by atoms with Gasteiger partial charge in [-0.15, -0.1) is 0 Å². The van der Waals surface area contributed by atoms with Gasteiger partial charge in [0.1, 0.15) is 9.80 Å². The molecule has 1 aliphatic heterocycles. The number of aromatic nitrogens is 2. The number of hydrogen-bond donors (Lipinski definition) is 1. The van der Waals surface area contributed by atoms with Crippen molar-refractivity contribution < 1.29 is 9.47 Å². The first-order chi connectivity index (χ1) is 7.70. The van der Waals surface area contributed by atoms with Crippen LogP contribution in [0.1, 0.15) is 18.7 Å². The molecule has 1 N–H and O–H groups in total. The Morgan fingerprint density at radius 2 is 2.38 bits per heavy atom. The van der Waals surface area contributed by atoms with Gasteiger partial charge in [0.2, 0.25) is 0 Å². The summed E-state index contributed by atoms with van der Waals surface area (Å²) in [6, 6.07) is 2.57. The predicted molar refractivity (Wildman–Crippen MR) is 67.5 cm³/mol. The minimum absolute atomic E-state index is 0.0286. The van der Waals surface area contributed by atoms with Crippen LogP contribution in [0.5, 0.6) is 6.01 Å². The summed E-state index contributed by atoms with van der Waals surface area (Å²) in [6.45, 7) is 3.68. The van der Waals surface area contributed by atoms with Crippen LogP contribution in [-0.2, 0) is 4.74 Å². The monoisotopic (exact) mass is 335 g/mol. The van der Waals surface area contributed by atoms with Crippen LogP contribution in [0, 0.1) is 3.70 Å². The summed E-state index contributed by atoms with van der Waals surface area (Å²) in [6.07, 6.45) is -0.0286. The first-order valence-electron chi connectivity index (χ1n) is 5.14. The molecule has 0 aliphatic carbocycles. The van der Waals surface area contributed by atoms with Crippen LogP contribution in [-0.4, -0.2) is 36.3 Å². The maximum Gasteiger partial charge on any atom is 0.317 e. The number of halogens is 1. The van der Waals surface area contributed by atoms with Gasteiger partial charge in [-0.25, -0.2) is 0 Å². The summed E-state index contributed by atoms with van der Waals surface area (Å²) >= 11 is 2.15. The highest BCUT2D eigenvalue weighted by atomic mass is 127. The Kier molecular flexibility index (Phi) is 3.93. The Morgan fingerprint density at radius 1 is 1.56 bits per heavy atom. The molecule has 2 unspecified atom stereocenters. The highest BCUT2D eigenvalue weighted by Crippen LogP contribution is 2.24. The third-order valence-corrected chi connectivity index (χ3v) is 3.04. The van der Waals surface area contributed by atoms with Gasteiger partial charge >= 0.3 is 6.01 Å². The van der Waals surface area contributed by atoms with E-state index in [1.54, 1.807) is 7.11 Å². The number of rotatable bonds is 2. The fraction of sp³-hybridized carbons (Fsp3) is 0.600. The van der Waals surface area contributed by atoms with Crippen molar-refractivity contribution in [1.82, 2.24) is 15.3 Å². The molecular formula is C10H14IN3O2. The summed E-state index contributed by atoms with van der Waals surface area (Å²) in [4.78, 5) is 8.47. The fourth-order valence-corrected chi connectivity index (χ4v) is 2.24. The SMILES string of the molecule is COc1nc(I)cc(C2OCCNC2C)n1. The zero-order valence-corrected chi connectivity index (χ0v) is 11.4. The van der Waals surface area contributed by atoms with Gasteiger partial charge in [-0.3, -0.25) is 0 Å². The molecule has 1 fully saturated rings. The third-order valence-electron chi connectivity index (χ3n) is 2.49. The second-order valence-corrected chi connectivity index (χ2v) is 4.74. The minimum Gasteiger partial charge on any atom is -0.467 e. The molecule has 0 bridgehead atoms. The molecule has 1 saturated heterocycles. The maximum absolute atomic E-state index is 5.72. The molecule has 0 spiro atoms. The molecule has 2 atom stereocenters. The van der Waals surface area contributed by atoms with Gasteiger partial charge in [-0.2, -0.15) is 9.97 Å².